The van der Waals surface area contributed by atoms with Crippen LogP contribution in [-0.2, 0) is 21.3 Å². The Kier molecular flexibility index (Phi) is 10.8. The van der Waals surface area contributed by atoms with Gasteiger partial charge in [0.1, 0.15) is 5.82 Å². The highest BCUT2D eigenvalue weighted by Crippen LogP contribution is 2.15. The number of aliphatic imine (C=N–C) groups is 1. The predicted molar refractivity (Wildman–Crippen MR) is 125 cm³/mol. The van der Waals surface area contributed by atoms with Gasteiger partial charge in [0.25, 0.3) is 0 Å². The molecule has 1 N–H and O–H groups in total. The lowest BCUT2D eigenvalue weighted by Gasteiger charge is -2.34. The normalized spacial score (nSPS) is 20.8. The van der Waals surface area contributed by atoms with Crippen molar-refractivity contribution in [1.29, 1.82) is 0 Å². The maximum atomic E-state index is 13.4. The van der Waals surface area contributed by atoms with Crippen molar-refractivity contribution < 1.29 is 17.5 Å². The molecule has 2 atom stereocenters. The van der Waals surface area contributed by atoms with Crippen molar-refractivity contribution in [2.45, 2.75) is 39.5 Å². The summed E-state index contributed by atoms with van der Waals surface area (Å²) in [6.07, 6.45) is -0.228. The van der Waals surface area contributed by atoms with Gasteiger partial charge in [-0.1, -0.05) is 12.1 Å². The quantitative estimate of drug-likeness (QED) is 0.325. The van der Waals surface area contributed by atoms with E-state index in [9.17, 15) is 12.8 Å². The Balaban J connectivity index is 0.00000420. The molecule has 2 unspecified atom stereocenters. The van der Waals surface area contributed by atoms with Gasteiger partial charge in [-0.25, -0.2) is 12.8 Å². The largest absolute Gasteiger partial charge is 0.373 e. The van der Waals surface area contributed by atoms with Gasteiger partial charge in [0.15, 0.2) is 5.96 Å². The number of rotatable bonds is 7. The highest BCUT2D eigenvalue weighted by molar-refractivity contribution is 14.0. The standard InChI is InChI=1S/C19H31FN4O3S.HI/c1-5-21-19(23(4)14-17-7-6-8-18(20)11-17)22-9-10-28(25,26)24-12-15(2)27-16(3)13-24;/h6-8,11,15-16H,5,9-10,12-14H2,1-4H3,(H,21,22);1H. The number of nitrogens with zero attached hydrogens (tertiary/aromatic N) is 3. The summed E-state index contributed by atoms with van der Waals surface area (Å²) in [6, 6.07) is 6.39. The number of hydrogen-bond donors (Lipinski definition) is 1. The smallest absolute Gasteiger partial charge is 0.216 e. The summed E-state index contributed by atoms with van der Waals surface area (Å²) in [6.45, 7) is 7.71. The summed E-state index contributed by atoms with van der Waals surface area (Å²) in [7, 11) is -1.56. The highest BCUT2D eigenvalue weighted by Gasteiger charge is 2.30. The fraction of sp³-hybridized carbons (Fsp3) is 0.632. The van der Waals surface area contributed by atoms with Crippen LogP contribution in [0.3, 0.4) is 0 Å². The van der Waals surface area contributed by atoms with E-state index >= 15 is 0 Å². The van der Waals surface area contributed by atoms with Crippen LogP contribution >= 0.6 is 24.0 Å². The number of hydrogen-bond acceptors (Lipinski definition) is 4. The SMILES string of the molecule is CCNC(=NCCS(=O)(=O)N1CC(C)OC(C)C1)N(C)Cc1cccc(F)c1.I. The number of halogens is 2. The Hall–Kier alpha value is -0.980. The maximum absolute atomic E-state index is 13.4. The minimum Gasteiger partial charge on any atom is -0.373 e. The number of ether oxygens (including phenoxy) is 1. The summed E-state index contributed by atoms with van der Waals surface area (Å²) in [4.78, 5) is 6.30. The lowest BCUT2D eigenvalue weighted by atomic mass is 10.2. The van der Waals surface area contributed by atoms with Crippen LogP contribution in [0.4, 0.5) is 4.39 Å². The number of nitrogens with one attached hydrogen (secondary N) is 1. The van der Waals surface area contributed by atoms with Crippen LogP contribution in [0.2, 0.25) is 0 Å². The second-order valence-corrected chi connectivity index (χ2v) is 9.20. The van der Waals surface area contributed by atoms with Gasteiger partial charge in [-0.05, 0) is 38.5 Å². The molecule has 0 aromatic heterocycles. The second kappa shape index (κ2) is 12.0. The maximum Gasteiger partial charge on any atom is 0.216 e. The van der Waals surface area contributed by atoms with E-state index in [2.05, 4.69) is 10.3 Å². The summed E-state index contributed by atoms with van der Waals surface area (Å²) in [5.41, 5.74) is 0.817. The van der Waals surface area contributed by atoms with E-state index in [1.165, 1.54) is 16.4 Å². The summed E-state index contributed by atoms with van der Waals surface area (Å²) < 4.78 is 45.8. The molecule has 7 nitrogen and oxygen atoms in total. The van der Waals surface area contributed by atoms with Crippen molar-refractivity contribution in [1.82, 2.24) is 14.5 Å². The van der Waals surface area contributed by atoms with E-state index < -0.39 is 10.0 Å². The van der Waals surface area contributed by atoms with Crippen molar-refractivity contribution in [2.24, 2.45) is 4.99 Å². The van der Waals surface area contributed by atoms with Crippen molar-refractivity contribution in [3.63, 3.8) is 0 Å². The molecule has 0 bridgehead atoms. The van der Waals surface area contributed by atoms with Gasteiger partial charge in [0, 0.05) is 33.2 Å². The zero-order chi connectivity index (χ0) is 20.7. The molecule has 2 rings (SSSR count). The van der Waals surface area contributed by atoms with Crippen LogP contribution in [0.15, 0.2) is 29.3 Å². The zero-order valence-corrected chi connectivity index (χ0v) is 20.6. The highest BCUT2D eigenvalue weighted by atomic mass is 127. The minimum atomic E-state index is -3.40. The Labute approximate surface area is 190 Å². The Morgan fingerprint density at radius 1 is 1.34 bits per heavy atom. The molecule has 1 aromatic rings. The fourth-order valence-corrected chi connectivity index (χ4v) is 4.66. The average molecular weight is 542 g/mol. The number of sulfonamides is 1. The first-order valence-corrected chi connectivity index (χ1v) is 11.2. The lowest BCUT2D eigenvalue weighted by molar-refractivity contribution is -0.0440. The van der Waals surface area contributed by atoms with Crippen LogP contribution in [0.1, 0.15) is 26.3 Å². The topological polar surface area (TPSA) is 74.2 Å². The Bertz CT molecular complexity index is 768. The average Bonchev–Trinajstić information content (AvgIpc) is 2.60. The summed E-state index contributed by atoms with van der Waals surface area (Å²) in [5.74, 6) is 0.244. The zero-order valence-electron chi connectivity index (χ0n) is 17.5. The van der Waals surface area contributed by atoms with Gasteiger partial charge in [-0.15, -0.1) is 24.0 Å². The first-order valence-electron chi connectivity index (χ1n) is 9.58. The number of guanidine groups is 1. The van der Waals surface area contributed by atoms with E-state index in [0.29, 0.717) is 32.1 Å². The molecule has 1 aliphatic heterocycles. The van der Waals surface area contributed by atoms with Crippen molar-refractivity contribution in [2.75, 3.05) is 39.0 Å². The minimum absolute atomic E-state index is 0. The molecule has 0 amide bonds. The van der Waals surface area contributed by atoms with Crippen molar-refractivity contribution in [3.05, 3.63) is 35.6 Å². The van der Waals surface area contributed by atoms with Crippen LogP contribution in [0.25, 0.3) is 0 Å². The molecular weight excluding hydrogens is 510 g/mol. The third kappa shape index (κ3) is 8.35. The van der Waals surface area contributed by atoms with Crippen LogP contribution in [0, 0.1) is 5.82 Å². The fourth-order valence-electron chi connectivity index (χ4n) is 3.21. The van der Waals surface area contributed by atoms with E-state index in [1.54, 1.807) is 6.07 Å². The molecule has 0 radical (unpaired) electrons. The monoisotopic (exact) mass is 542 g/mol. The van der Waals surface area contributed by atoms with Gasteiger partial charge >= 0.3 is 0 Å². The molecule has 0 aliphatic carbocycles. The van der Waals surface area contributed by atoms with E-state index in [1.807, 2.05) is 38.8 Å². The van der Waals surface area contributed by atoms with E-state index in [-0.39, 0.29) is 54.3 Å². The van der Waals surface area contributed by atoms with Gasteiger partial charge in [-0.3, -0.25) is 4.99 Å². The predicted octanol–water partition coefficient (Wildman–Crippen LogP) is 2.28. The second-order valence-electron chi connectivity index (χ2n) is 7.11. The Morgan fingerprint density at radius 2 is 2.00 bits per heavy atom. The third-order valence-electron chi connectivity index (χ3n) is 4.40. The number of morpholine rings is 1. The molecule has 29 heavy (non-hydrogen) atoms. The van der Waals surface area contributed by atoms with Crippen LogP contribution in [-0.4, -0.2) is 74.8 Å². The van der Waals surface area contributed by atoms with Gasteiger partial charge in [-0.2, -0.15) is 4.31 Å². The molecular formula is C19H32FIN4O3S. The van der Waals surface area contributed by atoms with Gasteiger partial charge in [0.2, 0.25) is 10.0 Å². The first kappa shape index (κ1) is 26.1. The molecule has 1 fully saturated rings. The van der Waals surface area contributed by atoms with Crippen LogP contribution < -0.4 is 5.32 Å². The molecule has 10 heteroatoms. The Morgan fingerprint density at radius 3 is 2.59 bits per heavy atom. The molecule has 1 aromatic carbocycles. The molecule has 1 saturated heterocycles. The molecule has 0 spiro atoms. The van der Waals surface area contributed by atoms with Gasteiger partial charge < -0.3 is 15.0 Å². The molecule has 1 heterocycles. The lowest BCUT2D eigenvalue weighted by Crippen LogP contribution is -2.49. The number of benzene rings is 1. The molecule has 0 saturated carbocycles. The van der Waals surface area contributed by atoms with Crippen LogP contribution in [0.5, 0.6) is 0 Å². The van der Waals surface area contributed by atoms with E-state index in [4.69, 9.17) is 4.74 Å². The summed E-state index contributed by atoms with van der Waals surface area (Å²) in [5, 5.41) is 3.15. The first-order chi connectivity index (χ1) is 13.2. The van der Waals surface area contributed by atoms with E-state index in [0.717, 1.165) is 5.56 Å². The van der Waals surface area contributed by atoms with Crippen molar-refractivity contribution >= 4 is 40.0 Å². The molecule has 166 valence electrons. The third-order valence-corrected chi connectivity index (χ3v) is 6.18. The van der Waals surface area contributed by atoms with Crippen molar-refractivity contribution in [3.8, 4) is 0 Å². The van der Waals surface area contributed by atoms with Gasteiger partial charge in [0.05, 0.1) is 24.5 Å². The molecule has 1 aliphatic rings. The summed E-state index contributed by atoms with van der Waals surface area (Å²) >= 11 is 0.